The van der Waals surface area contributed by atoms with Gasteiger partial charge in [0.05, 0.1) is 5.52 Å². The molecule has 0 aliphatic rings. The predicted molar refractivity (Wildman–Crippen MR) is 103 cm³/mol. The summed E-state index contributed by atoms with van der Waals surface area (Å²) in [5, 5.41) is 15.5. The van der Waals surface area contributed by atoms with E-state index < -0.39 is 23.7 Å². The maximum absolute atomic E-state index is 12.8. The van der Waals surface area contributed by atoms with Crippen LogP contribution in [0.5, 0.6) is 5.88 Å². The number of carbonyl (C=O) groups is 4. The van der Waals surface area contributed by atoms with Crippen molar-refractivity contribution >= 4 is 40.2 Å². The molecule has 2 aromatic carbocycles. The van der Waals surface area contributed by atoms with E-state index in [0.29, 0.717) is 11.3 Å². The first-order valence-electron chi connectivity index (χ1n) is 8.36. The Morgan fingerprint density at radius 3 is 2.25 bits per heavy atom. The smallest absolute Gasteiger partial charge is 0.335 e. The Hall–Kier alpha value is -3.94. The molecule has 0 aliphatic carbocycles. The largest absolute Gasteiger partial charge is 0.494 e. The molecule has 0 radical (unpaired) electrons. The number of hydrogen-bond donors (Lipinski definition) is 3. The third-order valence-electron chi connectivity index (χ3n) is 4.09. The number of fused-ring (bicyclic) bond motifs is 1. The van der Waals surface area contributed by atoms with E-state index in [0.717, 1.165) is 11.5 Å². The third kappa shape index (κ3) is 3.48. The summed E-state index contributed by atoms with van der Waals surface area (Å²) in [6.07, 6.45) is 0. The number of rotatable bonds is 3. The van der Waals surface area contributed by atoms with E-state index in [9.17, 15) is 24.3 Å². The lowest BCUT2D eigenvalue weighted by Crippen LogP contribution is -2.32. The van der Waals surface area contributed by atoms with Crippen molar-refractivity contribution in [2.75, 3.05) is 5.32 Å². The number of benzene rings is 2. The van der Waals surface area contributed by atoms with Gasteiger partial charge >= 0.3 is 6.03 Å². The summed E-state index contributed by atoms with van der Waals surface area (Å²) in [6, 6.07) is 12.0. The van der Waals surface area contributed by atoms with Crippen LogP contribution in [0.25, 0.3) is 10.9 Å². The third-order valence-corrected chi connectivity index (χ3v) is 4.09. The molecule has 0 saturated carbocycles. The van der Waals surface area contributed by atoms with Gasteiger partial charge in [-0.25, -0.2) is 9.36 Å². The van der Waals surface area contributed by atoms with Gasteiger partial charge < -0.3 is 10.4 Å². The van der Waals surface area contributed by atoms with Gasteiger partial charge in [-0.2, -0.15) is 0 Å². The topological polar surface area (TPSA) is 118 Å². The fourth-order valence-electron chi connectivity index (χ4n) is 2.85. The van der Waals surface area contributed by atoms with Gasteiger partial charge in [-0.3, -0.25) is 19.7 Å². The number of anilines is 1. The molecular weight excluding hydrogens is 362 g/mol. The lowest BCUT2D eigenvalue weighted by Gasteiger charge is -2.06. The SMILES string of the molecule is CC(=O)NC(=O)n1c(O)c(C(=O)Nc2ccccc2)c2cc(C(C)=O)ccc21. The quantitative estimate of drug-likeness (QED) is 0.605. The molecule has 0 spiro atoms. The number of para-hydroxylation sites is 1. The number of Topliss-reactive ketones (excluding diaryl/α,β-unsaturated/α-hetero) is 1. The molecule has 28 heavy (non-hydrogen) atoms. The number of amides is 3. The summed E-state index contributed by atoms with van der Waals surface area (Å²) >= 11 is 0. The van der Waals surface area contributed by atoms with Crippen molar-refractivity contribution in [2.24, 2.45) is 0 Å². The van der Waals surface area contributed by atoms with Crippen molar-refractivity contribution in [3.63, 3.8) is 0 Å². The van der Waals surface area contributed by atoms with Crippen LogP contribution in [-0.4, -0.2) is 33.3 Å². The Balaban J connectivity index is 2.19. The highest BCUT2D eigenvalue weighted by molar-refractivity contribution is 6.18. The fraction of sp³-hybridized carbons (Fsp3) is 0.100. The summed E-state index contributed by atoms with van der Waals surface area (Å²) in [7, 11) is 0. The summed E-state index contributed by atoms with van der Waals surface area (Å²) in [5.41, 5.74) is 0.800. The Morgan fingerprint density at radius 2 is 1.64 bits per heavy atom. The molecule has 8 nitrogen and oxygen atoms in total. The van der Waals surface area contributed by atoms with Gasteiger partial charge in [0.1, 0.15) is 5.56 Å². The van der Waals surface area contributed by atoms with Crippen LogP contribution in [0.3, 0.4) is 0 Å². The number of carbonyl (C=O) groups excluding carboxylic acids is 4. The van der Waals surface area contributed by atoms with Crippen LogP contribution in [-0.2, 0) is 4.79 Å². The predicted octanol–water partition coefficient (Wildman–Crippen LogP) is 2.91. The van der Waals surface area contributed by atoms with Crippen LogP contribution in [0, 0.1) is 0 Å². The first kappa shape index (κ1) is 18.8. The molecule has 1 heterocycles. The second kappa shape index (κ2) is 7.36. The van der Waals surface area contributed by atoms with Gasteiger partial charge in [0.2, 0.25) is 11.8 Å². The van der Waals surface area contributed by atoms with Crippen LogP contribution >= 0.6 is 0 Å². The summed E-state index contributed by atoms with van der Waals surface area (Å²) in [4.78, 5) is 48.2. The normalized spacial score (nSPS) is 10.5. The van der Waals surface area contributed by atoms with Crippen LogP contribution in [0.2, 0.25) is 0 Å². The van der Waals surface area contributed by atoms with E-state index in [1.165, 1.54) is 25.1 Å². The molecule has 0 aliphatic heterocycles. The average molecular weight is 379 g/mol. The Bertz CT molecular complexity index is 1120. The van der Waals surface area contributed by atoms with E-state index in [4.69, 9.17) is 0 Å². The molecule has 0 atom stereocenters. The summed E-state index contributed by atoms with van der Waals surface area (Å²) < 4.78 is 0.820. The van der Waals surface area contributed by atoms with Crippen LogP contribution in [0.15, 0.2) is 48.5 Å². The minimum Gasteiger partial charge on any atom is -0.494 e. The molecule has 3 N–H and O–H groups in total. The van der Waals surface area contributed by atoms with Gasteiger partial charge in [-0.15, -0.1) is 0 Å². The Kier molecular flexibility index (Phi) is 4.95. The van der Waals surface area contributed by atoms with Crippen molar-refractivity contribution in [3.8, 4) is 5.88 Å². The second-order valence-corrected chi connectivity index (χ2v) is 6.13. The van der Waals surface area contributed by atoms with E-state index in [1.54, 1.807) is 30.3 Å². The van der Waals surface area contributed by atoms with E-state index in [-0.39, 0.29) is 22.2 Å². The van der Waals surface area contributed by atoms with Gasteiger partial charge in [0, 0.05) is 23.6 Å². The van der Waals surface area contributed by atoms with Gasteiger partial charge in [-0.05, 0) is 37.3 Å². The number of nitrogens with one attached hydrogen (secondary N) is 2. The highest BCUT2D eigenvalue weighted by Gasteiger charge is 2.26. The molecule has 0 unspecified atom stereocenters. The van der Waals surface area contributed by atoms with Crippen molar-refractivity contribution in [1.82, 2.24) is 9.88 Å². The van der Waals surface area contributed by atoms with Crippen molar-refractivity contribution < 1.29 is 24.3 Å². The first-order chi connectivity index (χ1) is 13.3. The van der Waals surface area contributed by atoms with Crippen LogP contribution in [0.4, 0.5) is 10.5 Å². The first-order valence-corrected chi connectivity index (χ1v) is 8.36. The number of imide groups is 1. The van der Waals surface area contributed by atoms with E-state index >= 15 is 0 Å². The number of aromatic hydroxyl groups is 1. The summed E-state index contributed by atoms with van der Waals surface area (Å²) in [5.74, 6) is -2.16. The second-order valence-electron chi connectivity index (χ2n) is 6.13. The molecule has 8 heteroatoms. The average Bonchev–Trinajstić information content (AvgIpc) is 2.92. The molecule has 0 fully saturated rings. The Morgan fingerprint density at radius 1 is 0.964 bits per heavy atom. The molecule has 3 aromatic rings. The van der Waals surface area contributed by atoms with Crippen molar-refractivity contribution in [3.05, 3.63) is 59.7 Å². The molecule has 0 saturated heterocycles. The van der Waals surface area contributed by atoms with Crippen molar-refractivity contribution in [2.45, 2.75) is 13.8 Å². The van der Waals surface area contributed by atoms with E-state index in [1.807, 2.05) is 0 Å². The number of aromatic nitrogens is 1. The summed E-state index contributed by atoms with van der Waals surface area (Å²) in [6.45, 7) is 2.52. The molecule has 3 rings (SSSR count). The maximum Gasteiger partial charge on any atom is 0.335 e. The molecule has 3 amide bonds. The molecule has 0 bridgehead atoms. The number of ketones is 1. The highest BCUT2D eigenvalue weighted by atomic mass is 16.3. The van der Waals surface area contributed by atoms with Gasteiger partial charge in [0.25, 0.3) is 5.91 Å². The zero-order valence-corrected chi connectivity index (χ0v) is 15.1. The highest BCUT2D eigenvalue weighted by Crippen LogP contribution is 2.32. The monoisotopic (exact) mass is 379 g/mol. The fourth-order valence-corrected chi connectivity index (χ4v) is 2.85. The minimum absolute atomic E-state index is 0.180. The lowest BCUT2D eigenvalue weighted by atomic mass is 10.1. The standard InChI is InChI=1S/C20H17N3O5/c1-11(24)13-8-9-16-15(10-13)17(18(26)22-14-6-4-3-5-7-14)19(27)23(16)20(28)21-12(2)25/h3-10,27H,1-2H3,(H,22,26)(H,21,25,28). The van der Waals surface area contributed by atoms with Crippen molar-refractivity contribution in [1.29, 1.82) is 0 Å². The zero-order valence-electron chi connectivity index (χ0n) is 15.1. The number of nitrogens with zero attached hydrogens (tertiary/aromatic N) is 1. The Labute approximate surface area is 159 Å². The van der Waals surface area contributed by atoms with Gasteiger partial charge in [-0.1, -0.05) is 18.2 Å². The zero-order chi connectivity index (χ0) is 20.4. The van der Waals surface area contributed by atoms with Crippen LogP contribution in [0.1, 0.15) is 34.6 Å². The van der Waals surface area contributed by atoms with Gasteiger partial charge in [0.15, 0.2) is 5.78 Å². The lowest BCUT2D eigenvalue weighted by molar-refractivity contribution is -0.117. The molecule has 142 valence electrons. The maximum atomic E-state index is 12.8. The van der Waals surface area contributed by atoms with E-state index in [2.05, 4.69) is 10.6 Å². The molecular formula is C20H17N3O5. The number of hydrogen-bond acceptors (Lipinski definition) is 5. The molecule has 1 aromatic heterocycles. The minimum atomic E-state index is -0.913. The van der Waals surface area contributed by atoms with Crippen LogP contribution < -0.4 is 10.6 Å².